The van der Waals surface area contributed by atoms with E-state index in [1.165, 1.54) is 0 Å². The van der Waals surface area contributed by atoms with Gasteiger partial charge in [0.15, 0.2) is 0 Å². The molecule has 0 spiro atoms. The van der Waals surface area contributed by atoms with Gasteiger partial charge in [0.25, 0.3) is 0 Å². The lowest BCUT2D eigenvalue weighted by Gasteiger charge is -2.13. The van der Waals surface area contributed by atoms with Crippen LogP contribution in [0.3, 0.4) is 0 Å². The lowest BCUT2D eigenvalue weighted by molar-refractivity contribution is -0.170. The molecule has 0 unspecified atom stereocenters. The molecule has 0 heterocycles. The Hall–Kier alpha value is -1.04. The molecule has 0 N–H and O–H groups in total. The minimum Gasteiger partial charge on any atom is -0.464 e. The van der Waals surface area contributed by atoms with Crippen LogP contribution in [0.1, 0.15) is 5.56 Å². The molecule has 82 valence electrons. The number of benzene rings is 1. The molecule has 1 rings (SSSR count). The number of alkyl halides is 2. The number of rotatable bonds is 2. The van der Waals surface area contributed by atoms with Crippen molar-refractivity contribution in [3.8, 4) is 0 Å². The van der Waals surface area contributed by atoms with Crippen LogP contribution in [0.15, 0.2) is 22.7 Å². The Labute approximate surface area is 92.2 Å². The lowest BCUT2D eigenvalue weighted by Crippen LogP contribution is -2.27. The molecule has 0 aliphatic heterocycles. The summed E-state index contributed by atoms with van der Waals surface area (Å²) in [4.78, 5) is 10.7. The zero-order valence-corrected chi connectivity index (χ0v) is 9.15. The second-order valence-corrected chi connectivity index (χ2v) is 3.55. The highest BCUT2D eigenvalue weighted by Crippen LogP contribution is 2.31. The largest absolute Gasteiger partial charge is 0.464 e. The third-order valence-electron chi connectivity index (χ3n) is 1.72. The first-order chi connectivity index (χ1) is 6.89. The minimum absolute atomic E-state index is 0.136. The SMILES string of the molecule is COC(=O)C(F)(F)c1ccc(F)c(Br)c1. The van der Waals surface area contributed by atoms with Crippen molar-refractivity contribution >= 4 is 21.9 Å². The molecule has 0 atom stereocenters. The second kappa shape index (κ2) is 4.22. The van der Waals surface area contributed by atoms with Crippen molar-refractivity contribution in [1.29, 1.82) is 0 Å². The number of methoxy groups -OCH3 is 1. The number of carbonyl (C=O) groups is 1. The van der Waals surface area contributed by atoms with Gasteiger partial charge in [-0.3, -0.25) is 0 Å². The zero-order chi connectivity index (χ0) is 11.6. The van der Waals surface area contributed by atoms with Crippen LogP contribution in [0, 0.1) is 5.82 Å². The Morgan fingerprint density at radius 2 is 2.07 bits per heavy atom. The van der Waals surface area contributed by atoms with Crippen molar-refractivity contribution in [3.05, 3.63) is 34.1 Å². The summed E-state index contributed by atoms with van der Waals surface area (Å²) in [5.41, 5.74) is -0.623. The molecule has 0 amide bonds. The van der Waals surface area contributed by atoms with E-state index in [0.29, 0.717) is 0 Å². The van der Waals surface area contributed by atoms with Crippen molar-refractivity contribution in [2.45, 2.75) is 5.92 Å². The minimum atomic E-state index is -3.77. The van der Waals surface area contributed by atoms with Gasteiger partial charge in [-0.1, -0.05) is 0 Å². The molecule has 1 aromatic carbocycles. The number of hydrogen-bond acceptors (Lipinski definition) is 2. The van der Waals surface area contributed by atoms with Gasteiger partial charge in [0, 0.05) is 5.56 Å². The molecule has 0 fully saturated rings. The van der Waals surface area contributed by atoms with Gasteiger partial charge in [0.05, 0.1) is 11.6 Å². The summed E-state index contributed by atoms with van der Waals surface area (Å²) < 4.78 is 43.1. The number of ether oxygens (including phenoxy) is 1. The van der Waals surface area contributed by atoms with E-state index in [2.05, 4.69) is 20.7 Å². The molecule has 0 aliphatic carbocycles. The smallest absolute Gasteiger partial charge is 0.381 e. The molecule has 15 heavy (non-hydrogen) atoms. The maximum Gasteiger partial charge on any atom is 0.381 e. The number of esters is 1. The van der Waals surface area contributed by atoms with Gasteiger partial charge in [-0.25, -0.2) is 9.18 Å². The molecule has 0 aromatic heterocycles. The summed E-state index contributed by atoms with van der Waals surface area (Å²) in [5, 5.41) is 0. The van der Waals surface area contributed by atoms with Crippen molar-refractivity contribution in [3.63, 3.8) is 0 Å². The fourth-order valence-electron chi connectivity index (χ4n) is 0.937. The molecule has 0 radical (unpaired) electrons. The average molecular weight is 283 g/mol. The molecule has 0 saturated heterocycles. The number of halogens is 4. The summed E-state index contributed by atoms with van der Waals surface area (Å²) in [6, 6.07) is 2.51. The molecular weight excluding hydrogens is 277 g/mol. The Morgan fingerprint density at radius 3 is 2.53 bits per heavy atom. The van der Waals surface area contributed by atoms with Crippen LogP contribution in [0.5, 0.6) is 0 Å². The molecule has 1 aromatic rings. The number of carbonyl (C=O) groups excluding carboxylic acids is 1. The first-order valence-electron chi connectivity index (χ1n) is 3.81. The Bertz CT molecular complexity index is 393. The summed E-state index contributed by atoms with van der Waals surface area (Å²) in [5.74, 6) is -6.13. The van der Waals surface area contributed by atoms with E-state index in [1.807, 2.05) is 0 Å². The normalized spacial score (nSPS) is 11.3. The van der Waals surface area contributed by atoms with Gasteiger partial charge in [0.2, 0.25) is 0 Å². The van der Waals surface area contributed by atoms with Crippen LogP contribution < -0.4 is 0 Å². The van der Waals surface area contributed by atoms with Gasteiger partial charge in [-0.2, -0.15) is 8.78 Å². The third-order valence-corrected chi connectivity index (χ3v) is 2.33. The van der Waals surface area contributed by atoms with Crippen molar-refractivity contribution in [2.75, 3.05) is 7.11 Å². The summed E-state index contributed by atoms with van der Waals surface area (Å²) in [6.07, 6.45) is 0. The fourth-order valence-corrected chi connectivity index (χ4v) is 1.32. The molecule has 0 aliphatic rings. The maximum atomic E-state index is 13.2. The van der Waals surface area contributed by atoms with Gasteiger partial charge in [0.1, 0.15) is 5.82 Å². The van der Waals surface area contributed by atoms with Gasteiger partial charge < -0.3 is 4.74 Å². The van der Waals surface area contributed by atoms with Crippen LogP contribution >= 0.6 is 15.9 Å². The van der Waals surface area contributed by atoms with Crippen molar-refractivity contribution < 1.29 is 22.7 Å². The zero-order valence-electron chi connectivity index (χ0n) is 7.56. The van der Waals surface area contributed by atoms with E-state index < -0.39 is 23.3 Å². The Morgan fingerprint density at radius 1 is 1.47 bits per heavy atom. The van der Waals surface area contributed by atoms with E-state index in [4.69, 9.17) is 0 Å². The third kappa shape index (κ3) is 2.31. The van der Waals surface area contributed by atoms with Crippen LogP contribution in [0.4, 0.5) is 13.2 Å². The van der Waals surface area contributed by atoms with E-state index in [1.54, 1.807) is 0 Å². The highest BCUT2D eigenvalue weighted by atomic mass is 79.9. The first kappa shape index (κ1) is 12.0. The van der Waals surface area contributed by atoms with Gasteiger partial charge in [-0.15, -0.1) is 0 Å². The first-order valence-corrected chi connectivity index (χ1v) is 4.60. The Balaban J connectivity index is 3.16. The van der Waals surface area contributed by atoms with E-state index in [9.17, 15) is 18.0 Å². The molecule has 6 heteroatoms. The monoisotopic (exact) mass is 282 g/mol. The highest BCUT2D eigenvalue weighted by molar-refractivity contribution is 9.10. The van der Waals surface area contributed by atoms with E-state index in [0.717, 1.165) is 25.3 Å². The van der Waals surface area contributed by atoms with Crippen LogP contribution in [0.2, 0.25) is 0 Å². The number of hydrogen-bond donors (Lipinski definition) is 0. The highest BCUT2D eigenvalue weighted by Gasteiger charge is 2.42. The maximum absolute atomic E-state index is 13.2. The molecule has 0 bridgehead atoms. The topological polar surface area (TPSA) is 26.3 Å². The summed E-state index contributed by atoms with van der Waals surface area (Å²) in [7, 11) is 0.856. The van der Waals surface area contributed by atoms with Gasteiger partial charge in [-0.05, 0) is 34.1 Å². The summed E-state index contributed by atoms with van der Waals surface area (Å²) in [6.45, 7) is 0. The average Bonchev–Trinajstić information content (AvgIpc) is 2.20. The molecule has 0 saturated carbocycles. The second-order valence-electron chi connectivity index (χ2n) is 2.69. The predicted molar refractivity (Wildman–Crippen MR) is 50.0 cm³/mol. The standard InChI is InChI=1S/C9H6BrF3O2/c1-15-8(14)9(12,13)5-2-3-7(11)6(10)4-5/h2-4H,1H3. The fraction of sp³-hybridized carbons (Fsp3) is 0.222. The van der Waals surface area contributed by atoms with E-state index in [-0.39, 0.29) is 4.47 Å². The predicted octanol–water partition coefficient (Wildman–Crippen LogP) is 2.85. The Kier molecular flexibility index (Phi) is 3.38. The van der Waals surface area contributed by atoms with Crippen molar-refractivity contribution in [2.24, 2.45) is 0 Å². The lowest BCUT2D eigenvalue weighted by atomic mass is 10.1. The van der Waals surface area contributed by atoms with Crippen LogP contribution in [0.25, 0.3) is 0 Å². The van der Waals surface area contributed by atoms with Crippen LogP contribution in [-0.2, 0) is 15.5 Å². The summed E-state index contributed by atoms with van der Waals surface area (Å²) >= 11 is 2.75. The van der Waals surface area contributed by atoms with Gasteiger partial charge >= 0.3 is 11.9 Å². The quantitative estimate of drug-likeness (QED) is 0.780. The molecule has 2 nitrogen and oxygen atoms in total. The van der Waals surface area contributed by atoms with Crippen molar-refractivity contribution in [1.82, 2.24) is 0 Å². The molecular formula is C9H6BrF3O2. The van der Waals surface area contributed by atoms with Crippen LogP contribution in [-0.4, -0.2) is 13.1 Å². The van der Waals surface area contributed by atoms with E-state index >= 15 is 0 Å².